The number of rotatable bonds is 10. The molecule has 0 bridgehead atoms. The molecule has 0 fully saturated rings. The summed E-state index contributed by atoms with van der Waals surface area (Å²) >= 11 is 1.71. The maximum atomic E-state index is 12.1. The summed E-state index contributed by atoms with van der Waals surface area (Å²) in [5, 5.41) is 5.72. The van der Waals surface area contributed by atoms with Crippen molar-refractivity contribution in [2.75, 3.05) is 44.9 Å². The van der Waals surface area contributed by atoms with Gasteiger partial charge in [-0.15, -0.1) is 11.8 Å². The van der Waals surface area contributed by atoms with E-state index in [1.807, 2.05) is 19.2 Å². The predicted molar refractivity (Wildman–Crippen MR) is 113 cm³/mol. The van der Waals surface area contributed by atoms with E-state index in [4.69, 9.17) is 4.74 Å². The molecule has 3 N–H and O–H groups in total. The first kappa shape index (κ1) is 21.8. The zero-order valence-corrected chi connectivity index (χ0v) is 17.4. The molecule has 150 valence electrons. The van der Waals surface area contributed by atoms with E-state index >= 15 is 0 Å². The van der Waals surface area contributed by atoms with Gasteiger partial charge in [0.15, 0.2) is 13.1 Å². The fourth-order valence-corrected chi connectivity index (χ4v) is 3.34. The highest BCUT2D eigenvalue weighted by Crippen LogP contribution is 2.17. The quantitative estimate of drug-likeness (QED) is 0.415. The Bertz CT molecular complexity index is 781. The third-order valence-electron chi connectivity index (χ3n) is 3.99. The number of nitrogens with one attached hydrogen (secondary N) is 3. The van der Waals surface area contributed by atoms with Crippen molar-refractivity contribution >= 4 is 29.3 Å². The molecule has 6 nitrogen and oxygen atoms in total. The minimum atomic E-state index is -0.145. The van der Waals surface area contributed by atoms with Crippen molar-refractivity contribution in [1.82, 2.24) is 5.32 Å². The maximum absolute atomic E-state index is 12.1. The van der Waals surface area contributed by atoms with Gasteiger partial charge in [0, 0.05) is 28.9 Å². The van der Waals surface area contributed by atoms with Crippen LogP contribution in [0.2, 0.25) is 0 Å². The lowest BCUT2D eigenvalue weighted by Crippen LogP contribution is -3.11. The minimum absolute atomic E-state index is 0.0591. The lowest BCUT2D eigenvalue weighted by molar-refractivity contribution is -0.862. The van der Waals surface area contributed by atoms with E-state index in [9.17, 15) is 9.59 Å². The average Bonchev–Trinajstić information content (AvgIpc) is 2.66. The molecule has 0 aliphatic carbocycles. The van der Waals surface area contributed by atoms with Crippen LogP contribution in [0.15, 0.2) is 53.4 Å². The highest BCUT2D eigenvalue weighted by Gasteiger charge is 2.14. The largest absolute Gasteiger partial charge is 0.497 e. The van der Waals surface area contributed by atoms with E-state index in [1.54, 1.807) is 31.0 Å². The molecule has 2 rings (SSSR count). The fourth-order valence-electron chi connectivity index (χ4n) is 2.57. The Labute approximate surface area is 170 Å². The number of carbonyl (C=O) groups excluding carboxylic acids is 2. The van der Waals surface area contributed by atoms with E-state index in [2.05, 4.69) is 41.8 Å². The summed E-state index contributed by atoms with van der Waals surface area (Å²) < 4.78 is 5.14. The number of carbonyl (C=O) groups is 2. The summed E-state index contributed by atoms with van der Waals surface area (Å²) in [5.41, 5.74) is 1.91. The number of anilines is 1. The van der Waals surface area contributed by atoms with E-state index in [-0.39, 0.29) is 24.9 Å². The zero-order chi connectivity index (χ0) is 20.4. The number of hydrogen-bond acceptors (Lipinski definition) is 4. The molecular weight excluding hydrogens is 374 g/mol. The number of amides is 2. The second-order valence-corrected chi connectivity index (χ2v) is 7.77. The number of benzene rings is 2. The summed E-state index contributed by atoms with van der Waals surface area (Å²) in [6.07, 6.45) is 0. The Kier molecular flexibility index (Phi) is 8.84. The number of likely N-dealkylation sites (N-methyl/N-ethyl adjacent to an activating group) is 1. The van der Waals surface area contributed by atoms with Crippen molar-refractivity contribution in [2.24, 2.45) is 0 Å². The van der Waals surface area contributed by atoms with Gasteiger partial charge in [0.1, 0.15) is 5.75 Å². The van der Waals surface area contributed by atoms with Gasteiger partial charge in [0.2, 0.25) is 0 Å². The van der Waals surface area contributed by atoms with Crippen LogP contribution in [-0.4, -0.2) is 51.4 Å². The normalized spacial score (nSPS) is 11.5. The van der Waals surface area contributed by atoms with Crippen LogP contribution in [0.3, 0.4) is 0 Å². The van der Waals surface area contributed by atoms with Gasteiger partial charge in [0.05, 0.1) is 14.2 Å². The van der Waals surface area contributed by atoms with Crippen molar-refractivity contribution in [2.45, 2.75) is 11.8 Å². The highest BCUT2D eigenvalue weighted by molar-refractivity contribution is 7.99. The Hall–Kier alpha value is -2.51. The van der Waals surface area contributed by atoms with Gasteiger partial charge in [-0.1, -0.05) is 23.8 Å². The van der Waals surface area contributed by atoms with E-state index in [1.165, 1.54) is 10.5 Å². The SMILES string of the molecule is COc1cccc(NC(=O)C[NH+](C)CC(=O)NCCSc2ccc(C)cc2)c1. The molecule has 0 saturated heterocycles. The van der Waals surface area contributed by atoms with Crippen molar-refractivity contribution in [3.8, 4) is 5.75 Å². The fraction of sp³-hybridized carbons (Fsp3) is 0.333. The number of methoxy groups -OCH3 is 1. The van der Waals surface area contributed by atoms with Crippen molar-refractivity contribution in [3.05, 3.63) is 54.1 Å². The topological polar surface area (TPSA) is 71.9 Å². The summed E-state index contributed by atoms with van der Waals surface area (Å²) in [4.78, 5) is 26.2. The molecule has 28 heavy (non-hydrogen) atoms. The van der Waals surface area contributed by atoms with Crippen LogP contribution < -0.4 is 20.3 Å². The molecule has 0 aromatic heterocycles. The maximum Gasteiger partial charge on any atom is 0.279 e. The van der Waals surface area contributed by atoms with E-state index in [0.717, 1.165) is 10.7 Å². The molecule has 0 spiro atoms. The van der Waals surface area contributed by atoms with Gasteiger partial charge in [-0.25, -0.2) is 0 Å². The first-order chi connectivity index (χ1) is 13.5. The van der Waals surface area contributed by atoms with Crippen molar-refractivity contribution in [3.63, 3.8) is 0 Å². The monoisotopic (exact) mass is 402 g/mol. The van der Waals surface area contributed by atoms with Gasteiger partial charge in [-0.05, 0) is 31.2 Å². The molecule has 0 aliphatic heterocycles. The van der Waals surface area contributed by atoms with Crippen LogP contribution in [0, 0.1) is 6.92 Å². The van der Waals surface area contributed by atoms with Crippen LogP contribution in [0.25, 0.3) is 0 Å². The molecule has 2 aromatic carbocycles. The van der Waals surface area contributed by atoms with Crippen molar-refractivity contribution in [1.29, 1.82) is 0 Å². The molecule has 2 aromatic rings. The Morgan fingerprint density at radius 2 is 1.79 bits per heavy atom. The molecule has 0 saturated carbocycles. The van der Waals surface area contributed by atoms with Gasteiger partial charge >= 0.3 is 0 Å². The Morgan fingerprint density at radius 1 is 1.07 bits per heavy atom. The van der Waals surface area contributed by atoms with E-state index < -0.39 is 0 Å². The van der Waals surface area contributed by atoms with Crippen LogP contribution >= 0.6 is 11.8 Å². The number of hydrogen-bond donors (Lipinski definition) is 3. The second kappa shape index (κ2) is 11.4. The molecule has 0 aliphatic rings. The molecule has 1 unspecified atom stereocenters. The van der Waals surface area contributed by atoms with Crippen LogP contribution in [0.4, 0.5) is 5.69 Å². The van der Waals surface area contributed by atoms with Gasteiger partial charge in [0.25, 0.3) is 11.8 Å². The first-order valence-corrected chi connectivity index (χ1v) is 10.2. The third-order valence-corrected chi connectivity index (χ3v) is 5.01. The van der Waals surface area contributed by atoms with Crippen LogP contribution in [0.5, 0.6) is 5.75 Å². The smallest absolute Gasteiger partial charge is 0.279 e. The minimum Gasteiger partial charge on any atom is -0.497 e. The zero-order valence-electron chi connectivity index (χ0n) is 16.6. The number of thioether (sulfide) groups is 1. The first-order valence-electron chi connectivity index (χ1n) is 9.17. The molecule has 1 atom stereocenters. The Balaban J connectivity index is 1.64. The molecule has 7 heteroatoms. The molecule has 0 heterocycles. The van der Waals surface area contributed by atoms with Crippen LogP contribution in [0.1, 0.15) is 5.56 Å². The lowest BCUT2D eigenvalue weighted by Gasteiger charge is -2.14. The summed E-state index contributed by atoms with van der Waals surface area (Å²) in [7, 11) is 3.41. The average molecular weight is 403 g/mol. The van der Waals surface area contributed by atoms with Crippen molar-refractivity contribution < 1.29 is 19.2 Å². The van der Waals surface area contributed by atoms with E-state index in [0.29, 0.717) is 18.0 Å². The number of aryl methyl sites for hydroxylation is 1. The molecule has 2 amide bonds. The summed E-state index contributed by atoms with van der Waals surface area (Å²) in [5.74, 6) is 1.29. The lowest BCUT2D eigenvalue weighted by atomic mass is 10.2. The summed E-state index contributed by atoms with van der Waals surface area (Å²) in [6.45, 7) is 3.12. The number of ether oxygens (including phenoxy) is 1. The Morgan fingerprint density at radius 3 is 2.50 bits per heavy atom. The van der Waals surface area contributed by atoms with Gasteiger partial charge in [-0.2, -0.15) is 0 Å². The molecular formula is C21H28N3O3S+. The van der Waals surface area contributed by atoms with Gasteiger partial charge < -0.3 is 20.3 Å². The highest BCUT2D eigenvalue weighted by atomic mass is 32.2. The van der Waals surface area contributed by atoms with Gasteiger partial charge in [-0.3, -0.25) is 9.59 Å². The number of quaternary nitrogens is 1. The predicted octanol–water partition coefficient (Wildman–Crippen LogP) is 1.37. The van der Waals surface area contributed by atoms with Crippen LogP contribution in [-0.2, 0) is 9.59 Å². The molecule has 0 radical (unpaired) electrons. The standard InChI is InChI=1S/C21H27N3O3S/c1-16-7-9-19(10-8-16)28-12-11-22-20(25)14-24(2)15-21(26)23-17-5-4-6-18(13-17)27-3/h4-10,13H,11-12,14-15H2,1-3H3,(H,22,25)(H,23,26)/p+1. The second-order valence-electron chi connectivity index (χ2n) is 6.60. The summed E-state index contributed by atoms with van der Waals surface area (Å²) in [6, 6.07) is 15.5. The third kappa shape index (κ3) is 8.02.